The summed E-state index contributed by atoms with van der Waals surface area (Å²) in [6.45, 7) is 1.87. The number of pyridine rings is 1. The highest BCUT2D eigenvalue weighted by atomic mass is 35.5. The normalized spacial score (nSPS) is 17.5. The molecule has 2 amide bonds. The molecule has 2 aromatic carbocycles. The Balaban J connectivity index is 0.000000257. The van der Waals surface area contributed by atoms with Gasteiger partial charge in [0.05, 0.1) is 11.3 Å². The first-order valence-corrected chi connectivity index (χ1v) is 11.4. The molecule has 3 heterocycles. The number of likely N-dealkylation sites (N-methyl/N-ethyl adjacent to an activating group) is 1. The lowest BCUT2D eigenvalue weighted by Gasteiger charge is -2.37. The summed E-state index contributed by atoms with van der Waals surface area (Å²) in [7, 11) is 1.96. The van der Waals surface area contributed by atoms with Crippen molar-refractivity contribution in [1.29, 1.82) is 0 Å². The number of piperazine rings is 1. The Morgan fingerprint density at radius 2 is 1.82 bits per heavy atom. The first kappa shape index (κ1) is 23.6. The number of nitrogens with zero attached hydrogens (tertiary/aromatic N) is 3. The van der Waals surface area contributed by atoms with Crippen molar-refractivity contribution in [3.63, 3.8) is 0 Å². The van der Waals surface area contributed by atoms with Crippen LogP contribution in [0.3, 0.4) is 0 Å². The van der Waals surface area contributed by atoms with Gasteiger partial charge < -0.3 is 19.9 Å². The molecule has 1 unspecified atom stereocenters. The van der Waals surface area contributed by atoms with E-state index in [1.165, 1.54) is 0 Å². The molecule has 1 aromatic heterocycles. The van der Waals surface area contributed by atoms with Gasteiger partial charge >= 0.3 is 0 Å². The van der Waals surface area contributed by atoms with Crippen LogP contribution in [-0.4, -0.2) is 65.6 Å². The largest absolute Gasteiger partial charge is 0.324 e. The van der Waals surface area contributed by atoms with Crippen LogP contribution in [0.15, 0.2) is 66.9 Å². The van der Waals surface area contributed by atoms with Crippen LogP contribution in [-0.2, 0) is 16.0 Å². The Bertz CT molecular complexity index is 1180. The van der Waals surface area contributed by atoms with Crippen LogP contribution in [0.1, 0.15) is 16.1 Å². The summed E-state index contributed by atoms with van der Waals surface area (Å²) in [6, 6.07) is 18.1. The molecular formula is C26H25ClN4O3. The molecule has 8 heteroatoms. The van der Waals surface area contributed by atoms with Gasteiger partial charge in [0.25, 0.3) is 5.91 Å². The summed E-state index contributed by atoms with van der Waals surface area (Å²) >= 11 is 5.95. The monoisotopic (exact) mass is 476 g/mol. The van der Waals surface area contributed by atoms with Crippen LogP contribution in [0, 0.1) is 0 Å². The zero-order chi connectivity index (χ0) is 24.1. The zero-order valence-electron chi connectivity index (χ0n) is 18.8. The van der Waals surface area contributed by atoms with Gasteiger partial charge in [-0.25, -0.2) is 0 Å². The molecule has 0 aliphatic carbocycles. The van der Waals surface area contributed by atoms with Crippen molar-refractivity contribution in [2.45, 2.75) is 12.5 Å². The van der Waals surface area contributed by atoms with Crippen LogP contribution >= 0.6 is 11.6 Å². The maximum atomic E-state index is 13.1. The quantitative estimate of drug-likeness (QED) is 0.585. The predicted octanol–water partition coefficient (Wildman–Crippen LogP) is 3.54. The van der Waals surface area contributed by atoms with Gasteiger partial charge in [0.15, 0.2) is 0 Å². The van der Waals surface area contributed by atoms with E-state index in [1.54, 1.807) is 17.2 Å². The van der Waals surface area contributed by atoms with E-state index in [0.717, 1.165) is 29.7 Å². The summed E-state index contributed by atoms with van der Waals surface area (Å²) in [5.41, 5.74) is 3.83. The Kier molecular flexibility index (Phi) is 7.35. The molecule has 2 aliphatic rings. The molecule has 7 nitrogen and oxygen atoms in total. The molecule has 3 aromatic rings. The summed E-state index contributed by atoms with van der Waals surface area (Å²) in [4.78, 5) is 43.2. The number of carbonyl (C=O) groups is 3. The van der Waals surface area contributed by atoms with E-state index in [2.05, 4.69) is 15.2 Å². The van der Waals surface area contributed by atoms with Crippen molar-refractivity contribution in [2.24, 2.45) is 0 Å². The molecule has 0 radical (unpaired) electrons. The van der Waals surface area contributed by atoms with Gasteiger partial charge in [0.2, 0.25) is 5.91 Å². The second-order valence-electron chi connectivity index (χ2n) is 8.22. The number of benzene rings is 2. The highest BCUT2D eigenvalue weighted by molar-refractivity contribution is 6.30. The number of halogens is 1. The number of nitrogens with one attached hydrogen (secondary N) is 1. The number of aldehydes is 1. The summed E-state index contributed by atoms with van der Waals surface area (Å²) in [5, 5.41) is 3.58. The van der Waals surface area contributed by atoms with E-state index in [0.29, 0.717) is 35.8 Å². The van der Waals surface area contributed by atoms with E-state index in [4.69, 9.17) is 11.6 Å². The van der Waals surface area contributed by atoms with Crippen molar-refractivity contribution >= 4 is 35.4 Å². The fourth-order valence-corrected chi connectivity index (χ4v) is 4.14. The first-order valence-electron chi connectivity index (χ1n) is 11.0. The highest BCUT2D eigenvalue weighted by Crippen LogP contribution is 2.30. The van der Waals surface area contributed by atoms with Crippen molar-refractivity contribution in [2.75, 3.05) is 32.0 Å². The Morgan fingerprint density at radius 1 is 1.06 bits per heavy atom. The average molecular weight is 477 g/mol. The SMILES string of the molecule is CN1CCN2C(=O)c3cc(-c4ccc(Cl)cc4)ccc3NC(=O)C2C1.O=CCc1ccccn1. The number of fused-ring (bicyclic) bond motifs is 2. The molecule has 1 saturated heterocycles. The van der Waals surface area contributed by atoms with E-state index >= 15 is 0 Å². The first-order chi connectivity index (χ1) is 16.5. The number of carbonyl (C=O) groups excluding carboxylic acids is 3. The third kappa shape index (κ3) is 5.32. The molecule has 0 spiro atoms. The van der Waals surface area contributed by atoms with Crippen LogP contribution in [0.4, 0.5) is 5.69 Å². The molecule has 1 fully saturated rings. The summed E-state index contributed by atoms with van der Waals surface area (Å²) in [6.07, 6.45) is 2.95. The van der Waals surface area contributed by atoms with Gasteiger partial charge in [-0.3, -0.25) is 14.6 Å². The smallest absolute Gasteiger partial charge is 0.256 e. The molecule has 5 rings (SSSR count). The number of rotatable bonds is 3. The fraction of sp³-hybridized carbons (Fsp3) is 0.231. The number of aromatic nitrogens is 1. The average Bonchev–Trinajstić information content (AvgIpc) is 2.95. The van der Waals surface area contributed by atoms with Crippen molar-refractivity contribution in [1.82, 2.24) is 14.8 Å². The second kappa shape index (κ2) is 10.6. The third-order valence-corrected chi connectivity index (χ3v) is 6.10. The lowest BCUT2D eigenvalue weighted by molar-refractivity contribution is -0.122. The number of anilines is 1. The summed E-state index contributed by atoms with van der Waals surface area (Å²) in [5.74, 6) is -0.222. The summed E-state index contributed by atoms with van der Waals surface area (Å²) < 4.78 is 0. The topological polar surface area (TPSA) is 82.6 Å². The van der Waals surface area contributed by atoms with E-state index < -0.39 is 6.04 Å². The molecular weight excluding hydrogens is 452 g/mol. The molecule has 34 heavy (non-hydrogen) atoms. The molecule has 2 aliphatic heterocycles. The van der Waals surface area contributed by atoms with Crippen LogP contribution < -0.4 is 5.32 Å². The second-order valence-corrected chi connectivity index (χ2v) is 8.66. The minimum atomic E-state index is -0.447. The van der Waals surface area contributed by atoms with Gasteiger partial charge in [-0.15, -0.1) is 0 Å². The van der Waals surface area contributed by atoms with Gasteiger partial charge in [-0.2, -0.15) is 0 Å². The van der Waals surface area contributed by atoms with Gasteiger partial charge in [-0.1, -0.05) is 35.9 Å². The molecule has 174 valence electrons. The van der Waals surface area contributed by atoms with Crippen molar-refractivity contribution < 1.29 is 14.4 Å². The van der Waals surface area contributed by atoms with Crippen molar-refractivity contribution in [3.05, 3.63) is 83.1 Å². The zero-order valence-corrected chi connectivity index (χ0v) is 19.5. The lowest BCUT2D eigenvalue weighted by atomic mass is 10.0. The maximum Gasteiger partial charge on any atom is 0.256 e. The minimum Gasteiger partial charge on any atom is -0.324 e. The lowest BCUT2D eigenvalue weighted by Crippen LogP contribution is -2.57. The van der Waals surface area contributed by atoms with Crippen LogP contribution in [0.25, 0.3) is 11.1 Å². The maximum absolute atomic E-state index is 13.1. The Morgan fingerprint density at radius 3 is 2.53 bits per heavy atom. The number of hydrogen-bond acceptors (Lipinski definition) is 5. The van der Waals surface area contributed by atoms with Gasteiger partial charge in [-0.05, 0) is 54.6 Å². The van der Waals surface area contributed by atoms with E-state index in [1.807, 2.05) is 61.6 Å². The van der Waals surface area contributed by atoms with Gasteiger partial charge in [0.1, 0.15) is 12.3 Å². The number of hydrogen-bond donors (Lipinski definition) is 1. The molecule has 1 atom stereocenters. The third-order valence-electron chi connectivity index (χ3n) is 5.85. The van der Waals surface area contributed by atoms with Crippen molar-refractivity contribution in [3.8, 4) is 11.1 Å². The van der Waals surface area contributed by atoms with E-state index in [-0.39, 0.29) is 11.8 Å². The van der Waals surface area contributed by atoms with Gasteiger partial charge in [0, 0.05) is 43.0 Å². The predicted molar refractivity (Wildman–Crippen MR) is 132 cm³/mol. The highest BCUT2D eigenvalue weighted by Gasteiger charge is 2.38. The number of amides is 2. The standard InChI is InChI=1S/C19H18ClN3O2.C7H7NO/c1-22-8-9-23-17(11-22)18(24)21-16-7-4-13(10-15(16)19(23)25)12-2-5-14(20)6-3-12;9-6-4-7-3-1-2-5-8-7/h2-7,10,17H,8-9,11H2,1H3,(H,21,24);1-3,5-6H,4H2. The molecule has 1 N–H and O–H groups in total. The minimum absolute atomic E-state index is 0.0951. The molecule has 0 bridgehead atoms. The van der Waals surface area contributed by atoms with E-state index in [9.17, 15) is 14.4 Å². The fourth-order valence-electron chi connectivity index (χ4n) is 4.01. The van der Waals surface area contributed by atoms with Crippen LogP contribution in [0.2, 0.25) is 5.02 Å². The Labute approximate surface area is 203 Å². The Hall–Kier alpha value is -3.55. The molecule has 0 saturated carbocycles. The van der Waals surface area contributed by atoms with Crippen LogP contribution in [0.5, 0.6) is 0 Å².